The van der Waals surface area contributed by atoms with Crippen molar-refractivity contribution < 1.29 is 9.90 Å². The number of hydrogen-bond donors (Lipinski definition) is 3. The van der Waals surface area contributed by atoms with Gasteiger partial charge in [0.1, 0.15) is 5.82 Å². The number of pyridine rings is 1. The third kappa shape index (κ3) is 3.93. The van der Waals surface area contributed by atoms with E-state index in [2.05, 4.69) is 20.5 Å². The van der Waals surface area contributed by atoms with Crippen LogP contribution in [0.5, 0.6) is 0 Å². The monoisotopic (exact) mass is 318 g/mol. The maximum atomic E-state index is 12.2. The minimum atomic E-state index is -0.404. The van der Waals surface area contributed by atoms with Crippen LogP contribution in [0.15, 0.2) is 24.4 Å². The molecule has 126 valence electrons. The molecule has 6 heteroatoms. The zero-order chi connectivity index (χ0) is 16.1. The number of hydrogen-bond acceptors (Lipinski definition) is 4. The predicted molar refractivity (Wildman–Crippen MR) is 89.4 cm³/mol. The molecule has 3 rings (SSSR count). The maximum Gasteiger partial charge on any atom is 0.315 e. The van der Waals surface area contributed by atoms with Crippen LogP contribution in [-0.2, 0) is 0 Å². The molecule has 0 radical (unpaired) electrons. The maximum absolute atomic E-state index is 12.2. The molecule has 1 saturated heterocycles. The molecule has 0 unspecified atom stereocenters. The zero-order valence-electron chi connectivity index (χ0n) is 13.5. The molecule has 0 aromatic carbocycles. The predicted octanol–water partition coefficient (Wildman–Crippen LogP) is 1.65. The van der Waals surface area contributed by atoms with E-state index in [9.17, 15) is 9.90 Å². The number of urea groups is 1. The highest BCUT2D eigenvalue weighted by Crippen LogP contribution is 2.29. The van der Waals surface area contributed by atoms with Gasteiger partial charge >= 0.3 is 6.03 Å². The quantitative estimate of drug-likeness (QED) is 0.789. The van der Waals surface area contributed by atoms with Gasteiger partial charge < -0.3 is 20.6 Å². The Labute approximate surface area is 137 Å². The lowest BCUT2D eigenvalue weighted by atomic mass is 9.99. The second-order valence-corrected chi connectivity index (χ2v) is 6.69. The zero-order valence-corrected chi connectivity index (χ0v) is 13.5. The van der Waals surface area contributed by atoms with Crippen LogP contribution in [0.25, 0.3) is 0 Å². The Morgan fingerprint density at radius 1 is 1.30 bits per heavy atom. The molecule has 3 N–H and O–H groups in total. The molecule has 1 aromatic heterocycles. The van der Waals surface area contributed by atoms with Gasteiger partial charge in [-0.3, -0.25) is 0 Å². The molecular formula is C17H26N4O2. The molecule has 0 bridgehead atoms. The first-order valence-electron chi connectivity index (χ1n) is 8.56. The number of carbonyl (C=O) groups is 1. The van der Waals surface area contributed by atoms with Crippen molar-refractivity contribution in [3.8, 4) is 0 Å². The molecule has 0 spiro atoms. The van der Waals surface area contributed by atoms with Crippen LogP contribution < -0.4 is 15.5 Å². The summed E-state index contributed by atoms with van der Waals surface area (Å²) in [6.45, 7) is 1.82. The summed E-state index contributed by atoms with van der Waals surface area (Å²) in [6.07, 6.45) is 7.52. The van der Waals surface area contributed by atoms with Crippen LogP contribution in [0.2, 0.25) is 0 Å². The summed E-state index contributed by atoms with van der Waals surface area (Å²) < 4.78 is 0. The van der Waals surface area contributed by atoms with E-state index in [0.717, 1.165) is 57.4 Å². The molecule has 1 aromatic rings. The number of nitrogens with one attached hydrogen (secondary N) is 2. The summed E-state index contributed by atoms with van der Waals surface area (Å²) in [6, 6.07) is 5.98. The lowest BCUT2D eigenvalue weighted by molar-refractivity contribution is 0.161. The van der Waals surface area contributed by atoms with E-state index in [1.165, 1.54) is 0 Å². The highest BCUT2D eigenvalue weighted by Gasteiger charge is 2.35. The largest absolute Gasteiger partial charge is 0.394 e. The van der Waals surface area contributed by atoms with Crippen molar-refractivity contribution in [3.63, 3.8) is 0 Å². The summed E-state index contributed by atoms with van der Waals surface area (Å²) in [5.74, 6) is 1.00. The second-order valence-electron chi connectivity index (χ2n) is 6.69. The van der Waals surface area contributed by atoms with Gasteiger partial charge in [-0.1, -0.05) is 18.9 Å². The standard InChI is InChI=1S/C17H26N4O2/c22-13-17(8-2-3-9-17)20-16(23)19-14-6-11-21(12-7-14)15-5-1-4-10-18-15/h1,4-5,10,14,22H,2-3,6-9,11-13H2,(H2,19,20,23). The number of nitrogens with zero attached hydrogens (tertiary/aromatic N) is 2. The fourth-order valence-electron chi connectivity index (χ4n) is 3.63. The van der Waals surface area contributed by atoms with E-state index < -0.39 is 5.54 Å². The number of aromatic nitrogens is 1. The Morgan fingerprint density at radius 3 is 2.65 bits per heavy atom. The third-order valence-corrected chi connectivity index (χ3v) is 5.05. The van der Waals surface area contributed by atoms with Crippen molar-refractivity contribution in [1.29, 1.82) is 0 Å². The number of carbonyl (C=O) groups excluding carboxylic acids is 1. The van der Waals surface area contributed by atoms with Gasteiger partial charge in [-0.2, -0.15) is 0 Å². The molecule has 2 fully saturated rings. The van der Waals surface area contributed by atoms with Crippen LogP contribution in [0.1, 0.15) is 38.5 Å². The van der Waals surface area contributed by atoms with Crippen LogP contribution in [0.3, 0.4) is 0 Å². The lowest BCUT2D eigenvalue weighted by Gasteiger charge is -2.34. The van der Waals surface area contributed by atoms with Gasteiger partial charge in [0, 0.05) is 25.3 Å². The molecule has 2 amide bonds. The Hall–Kier alpha value is -1.82. The van der Waals surface area contributed by atoms with Crippen molar-refractivity contribution in [2.75, 3.05) is 24.6 Å². The summed E-state index contributed by atoms with van der Waals surface area (Å²) in [5, 5.41) is 15.7. The van der Waals surface area contributed by atoms with Gasteiger partial charge in [0.2, 0.25) is 0 Å². The first kappa shape index (κ1) is 16.1. The number of piperidine rings is 1. The summed E-state index contributed by atoms with van der Waals surface area (Å²) in [5.41, 5.74) is -0.404. The van der Waals surface area contributed by atoms with Crippen molar-refractivity contribution in [2.24, 2.45) is 0 Å². The molecular weight excluding hydrogens is 292 g/mol. The smallest absolute Gasteiger partial charge is 0.315 e. The average molecular weight is 318 g/mol. The van der Waals surface area contributed by atoms with Crippen LogP contribution in [0, 0.1) is 0 Å². The fraction of sp³-hybridized carbons (Fsp3) is 0.647. The number of amides is 2. The van der Waals surface area contributed by atoms with Crippen LogP contribution in [-0.4, -0.2) is 47.4 Å². The van der Waals surface area contributed by atoms with Crippen molar-refractivity contribution in [1.82, 2.24) is 15.6 Å². The summed E-state index contributed by atoms with van der Waals surface area (Å²) in [7, 11) is 0. The highest BCUT2D eigenvalue weighted by atomic mass is 16.3. The van der Waals surface area contributed by atoms with E-state index in [4.69, 9.17) is 0 Å². The molecule has 2 heterocycles. The summed E-state index contributed by atoms with van der Waals surface area (Å²) >= 11 is 0. The van der Waals surface area contributed by atoms with Gasteiger partial charge in [-0.15, -0.1) is 0 Å². The number of anilines is 1. The molecule has 6 nitrogen and oxygen atoms in total. The minimum Gasteiger partial charge on any atom is -0.394 e. The van der Waals surface area contributed by atoms with E-state index >= 15 is 0 Å². The first-order chi connectivity index (χ1) is 11.2. The Kier molecular flexibility index (Phi) is 5.00. The second kappa shape index (κ2) is 7.17. The number of aliphatic hydroxyl groups is 1. The van der Waals surface area contributed by atoms with E-state index in [1.807, 2.05) is 24.4 Å². The third-order valence-electron chi connectivity index (χ3n) is 5.05. The number of rotatable bonds is 4. The van der Waals surface area contributed by atoms with Gasteiger partial charge in [0.05, 0.1) is 12.1 Å². The van der Waals surface area contributed by atoms with Crippen molar-refractivity contribution in [3.05, 3.63) is 24.4 Å². The van der Waals surface area contributed by atoms with Gasteiger partial charge in [-0.05, 0) is 37.8 Å². The molecule has 1 aliphatic carbocycles. The van der Waals surface area contributed by atoms with Crippen molar-refractivity contribution in [2.45, 2.75) is 50.1 Å². The molecule has 23 heavy (non-hydrogen) atoms. The van der Waals surface area contributed by atoms with E-state index in [0.29, 0.717) is 0 Å². The molecule has 1 aliphatic heterocycles. The average Bonchev–Trinajstić information content (AvgIpc) is 3.05. The van der Waals surface area contributed by atoms with Gasteiger partial charge in [-0.25, -0.2) is 9.78 Å². The highest BCUT2D eigenvalue weighted by molar-refractivity contribution is 5.75. The SMILES string of the molecule is O=C(NC1CCN(c2ccccn2)CC1)NC1(CO)CCCC1. The molecule has 1 saturated carbocycles. The van der Waals surface area contributed by atoms with Crippen LogP contribution >= 0.6 is 0 Å². The Bertz CT molecular complexity index is 509. The Balaban J connectivity index is 1.46. The van der Waals surface area contributed by atoms with Gasteiger partial charge in [0.25, 0.3) is 0 Å². The molecule has 0 atom stereocenters. The van der Waals surface area contributed by atoms with Gasteiger partial charge in [0.15, 0.2) is 0 Å². The van der Waals surface area contributed by atoms with Crippen LogP contribution in [0.4, 0.5) is 10.6 Å². The van der Waals surface area contributed by atoms with E-state index in [1.54, 1.807) is 0 Å². The normalized spacial score (nSPS) is 21.2. The van der Waals surface area contributed by atoms with E-state index in [-0.39, 0.29) is 18.7 Å². The summed E-state index contributed by atoms with van der Waals surface area (Å²) in [4.78, 5) is 18.9. The first-order valence-corrected chi connectivity index (χ1v) is 8.56. The molecule has 2 aliphatic rings. The fourth-order valence-corrected chi connectivity index (χ4v) is 3.63. The Morgan fingerprint density at radius 2 is 2.04 bits per heavy atom. The topological polar surface area (TPSA) is 77.5 Å². The minimum absolute atomic E-state index is 0.0263. The number of aliphatic hydroxyl groups excluding tert-OH is 1. The van der Waals surface area contributed by atoms with Crippen molar-refractivity contribution >= 4 is 11.8 Å². The lowest BCUT2D eigenvalue weighted by Crippen LogP contribution is -2.56.